The average molecular weight is 394 g/mol. The van der Waals surface area contributed by atoms with Crippen molar-refractivity contribution in [3.63, 3.8) is 0 Å². The largest absolute Gasteiger partial charge is 0.355 e. The number of aliphatic imine (C=N–C) groups is 1. The maximum Gasteiger partial charge on any atom is 0.240 e. The summed E-state index contributed by atoms with van der Waals surface area (Å²) >= 11 is 0. The van der Waals surface area contributed by atoms with Crippen LogP contribution in [0.5, 0.6) is 0 Å². The highest BCUT2D eigenvalue weighted by atomic mass is 32.2. The van der Waals surface area contributed by atoms with E-state index in [1.807, 2.05) is 0 Å². The number of sulfonamides is 1. The first kappa shape index (κ1) is 20.1. The molecule has 2 fully saturated rings. The summed E-state index contributed by atoms with van der Waals surface area (Å²) in [6.07, 6.45) is 6.52. The van der Waals surface area contributed by atoms with Crippen LogP contribution >= 0.6 is 0 Å². The number of rotatable bonds is 7. The molecule has 1 heterocycles. The standard InChI is InChI=1S/C19H31N5O2S/c1-20-19(23-16-11-14-24(15-16)17-7-5-6-8-17)21-12-13-22-27(25,26)18-9-3-2-4-10-18/h2-4,9-10,16-17,22H,5-8,11-15H2,1H3,(H2,20,21,23). The molecule has 1 aliphatic heterocycles. The number of hydrogen-bond acceptors (Lipinski definition) is 4. The van der Waals surface area contributed by atoms with Crippen LogP contribution < -0.4 is 15.4 Å². The number of nitrogens with one attached hydrogen (secondary N) is 3. The highest BCUT2D eigenvalue weighted by Gasteiger charge is 2.30. The molecular formula is C19H31N5O2S. The molecule has 7 nitrogen and oxygen atoms in total. The lowest BCUT2D eigenvalue weighted by molar-refractivity contribution is 0.242. The van der Waals surface area contributed by atoms with Gasteiger partial charge in [-0.25, -0.2) is 13.1 Å². The van der Waals surface area contributed by atoms with E-state index in [0.717, 1.165) is 31.5 Å². The zero-order chi connectivity index (χ0) is 19.1. The number of likely N-dealkylation sites (tertiary alicyclic amines) is 1. The third-order valence-electron chi connectivity index (χ3n) is 5.39. The molecule has 27 heavy (non-hydrogen) atoms. The van der Waals surface area contributed by atoms with Crippen molar-refractivity contribution in [2.45, 2.75) is 49.1 Å². The van der Waals surface area contributed by atoms with Crippen LogP contribution in [0.2, 0.25) is 0 Å². The summed E-state index contributed by atoms with van der Waals surface area (Å²) in [5.74, 6) is 0.729. The monoisotopic (exact) mass is 393 g/mol. The van der Waals surface area contributed by atoms with Crippen LogP contribution in [0.1, 0.15) is 32.1 Å². The van der Waals surface area contributed by atoms with Gasteiger partial charge in [0.1, 0.15) is 0 Å². The summed E-state index contributed by atoms with van der Waals surface area (Å²) in [6, 6.07) is 9.58. The van der Waals surface area contributed by atoms with Crippen molar-refractivity contribution >= 4 is 16.0 Å². The van der Waals surface area contributed by atoms with E-state index in [-0.39, 0.29) is 4.90 Å². The zero-order valence-corrected chi connectivity index (χ0v) is 16.8. The maximum atomic E-state index is 12.2. The highest BCUT2D eigenvalue weighted by molar-refractivity contribution is 7.89. The predicted molar refractivity (Wildman–Crippen MR) is 108 cm³/mol. The van der Waals surface area contributed by atoms with Gasteiger partial charge in [0.05, 0.1) is 4.90 Å². The van der Waals surface area contributed by atoms with Crippen molar-refractivity contribution < 1.29 is 8.42 Å². The van der Waals surface area contributed by atoms with Crippen LogP contribution in [-0.4, -0.2) is 64.6 Å². The molecule has 0 spiro atoms. The van der Waals surface area contributed by atoms with E-state index >= 15 is 0 Å². The van der Waals surface area contributed by atoms with E-state index in [1.54, 1.807) is 37.4 Å². The fourth-order valence-electron chi connectivity index (χ4n) is 3.94. The summed E-state index contributed by atoms with van der Waals surface area (Å²) in [4.78, 5) is 7.15. The first-order chi connectivity index (χ1) is 13.1. The topological polar surface area (TPSA) is 85.8 Å². The van der Waals surface area contributed by atoms with Crippen LogP contribution in [0.25, 0.3) is 0 Å². The van der Waals surface area contributed by atoms with Crippen molar-refractivity contribution in [3.8, 4) is 0 Å². The molecule has 1 aromatic carbocycles. The number of hydrogen-bond donors (Lipinski definition) is 3. The minimum absolute atomic E-state index is 0.283. The molecule has 1 atom stereocenters. The summed E-state index contributed by atoms with van der Waals surface area (Å²) in [5, 5.41) is 6.67. The van der Waals surface area contributed by atoms with Crippen LogP contribution in [-0.2, 0) is 10.0 Å². The van der Waals surface area contributed by atoms with Gasteiger partial charge in [-0.3, -0.25) is 9.89 Å². The van der Waals surface area contributed by atoms with Gasteiger partial charge in [-0.05, 0) is 31.4 Å². The van der Waals surface area contributed by atoms with Gasteiger partial charge in [-0.1, -0.05) is 31.0 Å². The Labute approximate surface area is 162 Å². The lowest BCUT2D eigenvalue weighted by Gasteiger charge is -2.24. The van der Waals surface area contributed by atoms with E-state index in [4.69, 9.17) is 0 Å². The van der Waals surface area contributed by atoms with Crippen LogP contribution in [0, 0.1) is 0 Å². The Bertz CT molecular complexity index is 717. The normalized spacial score (nSPS) is 22.3. The summed E-state index contributed by atoms with van der Waals surface area (Å²) < 4.78 is 27.0. The molecule has 3 N–H and O–H groups in total. The molecule has 0 bridgehead atoms. The fraction of sp³-hybridized carbons (Fsp3) is 0.632. The van der Waals surface area contributed by atoms with Crippen molar-refractivity contribution in [1.82, 2.24) is 20.3 Å². The van der Waals surface area contributed by atoms with Gasteiger partial charge in [0.25, 0.3) is 0 Å². The molecule has 0 amide bonds. The first-order valence-electron chi connectivity index (χ1n) is 9.84. The quantitative estimate of drug-likeness (QED) is 0.368. The SMILES string of the molecule is CN=C(NCCNS(=O)(=O)c1ccccc1)NC1CCN(C2CCCC2)C1. The number of nitrogens with zero attached hydrogens (tertiary/aromatic N) is 2. The molecule has 1 unspecified atom stereocenters. The van der Waals surface area contributed by atoms with Gasteiger partial charge in [0.15, 0.2) is 5.96 Å². The summed E-state index contributed by atoms with van der Waals surface area (Å²) in [5.41, 5.74) is 0. The predicted octanol–water partition coefficient (Wildman–Crippen LogP) is 1.15. The molecular weight excluding hydrogens is 362 g/mol. The number of guanidine groups is 1. The molecule has 1 aromatic rings. The summed E-state index contributed by atoms with van der Waals surface area (Å²) in [6.45, 7) is 2.99. The minimum atomic E-state index is -3.46. The van der Waals surface area contributed by atoms with Crippen molar-refractivity contribution in [2.75, 3.05) is 33.2 Å². The Hall–Kier alpha value is -1.64. The molecule has 1 aliphatic carbocycles. The van der Waals surface area contributed by atoms with Crippen molar-refractivity contribution in [3.05, 3.63) is 30.3 Å². The van der Waals surface area contributed by atoms with E-state index in [0.29, 0.717) is 19.1 Å². The molecule has 150 valence electrons. The first-order valence-corrected chi connectivity index (χ1v) is 11.3. The lowest BCUT2D eigenvalue weighted by atomic mass is 10.2. The van der Waals surface area contributed by atoms with E-state index in [2.05, 4.69) is 25.2 Å². The maximum absolute atomic E-state index is 12.2. The Morgan fingerprint density at radius 3 is 2.59 bits per heavy atom. The molecule has 1 saturated heterocycles. The lowest BCUT2D eigenvalue weighted by Crippen LogP contribution is -2.47. The smallest absolute Gasteiger partial charge is 0.240 e. The van der Waals surface area contributed by atoms with E-state index < -0.39 is 10.0 Å². The van der Waals surface area contributed by atoms with E-state index in [1.165, 1.54) is 25.7 Å². The Morgan fingerprint density at radius 1 is 1.15 bits per heavy atom. The Balaban J connectivity index is 1.38. The van der Waals surface area contributed by atoms with Crippen molar-refractivity contribution in [1.29, 1.82) is 0 Å². The molecule has 3 rings (SSSR count). The van der Waals surface area contributed by atoms with Gasteiger partial charge in [0.2, 0.25) is 10.0 Å². The Kier molecular flexibility index (Phi) is 7.09. The van der Waals surface area contributed by atoms with Crippen LogP contribution in [0.4, 0.5) is 0 Å². The summed E-state index contributed by atoms with van der Waals surface area (Å²) in [7, 11) is -1.72. The second kappa shape index (κ2) is 9.52. The third-order valence-corrected chi connectivity index (χ3v) is 6.87. The highest BCUT2D eigenvalue weighted by Crippen LogP contribution is 2.26. The zero-order valence-electron chi connectivity index (χ0n) is 16.0. The van der Waals surface area contributed by atoms with Gasteiger partial charge in [-0.15, -0.1) is 0 Å². The van der Waals surface area contributed by atoms with Crippen LogP contribution in [0.3, 0.4) is 0 Å². The van der Waals surface area contributed by atoms with E-state index in [9.17, 15) is 8.42 Å². The second-order valence-electron chi connectivity index (χ2n) is 7.27. The second-order valence-corrected chi connectivity index (χ2v) is 9.04. The molecule has 0 radical (unpaired) electrons. The van der Waals surface area contributed by atoms with Gasteiger partial charge < -0.3 is 10.6 Å². The van der Waals surface area contributed by atoms with Gasteiger partial charge >= 0.3 is 0 Å². The van der Waals surface area contributed by atoms with Gasteiger partial charge in [0, 0.05) is 45.3 Å². The molecule has 2 aliphatic rings. The minimum Gasteiger partial charge on any atom is -0.355 e. The Morgan fingerprint density at radius 2 is 1.89 bits per heavy atom. The van der Waals surface area contributed by atoms with Gasteiger partial charge in [-0.2, -0.15) is 0 Å². The third kappa shape index (κ3) is 5.67. The van der Waals surface area contributed by atoms with Crippen LogP contribution in [0.15, 0.2) is 40.2 Å². The number of benzene rings is 1. The average Bonchev–Trinajstić information content (AvgIpc) is 3.36. The molecule has 1 saturated carbocycles. The van der Waals surface area contributed by atoms with Crippen molar-refractivity contribution in [2.24, 2.45) is 4.99 Å². The molecule has 0 aromatic heterocycles. The molecule has 8 heteroatoms. The fourth-order valence-corrected chi connectivity index (χ4v) is 5.00.